The predicted octanol–water partition coefficient (Wildman–Crippen LogP) is 1.48. The molecule has 0 heterocycles. The van der Waals surface area contributed by atoms with Crippen LogP contribution >= 0.6 is 23.4 Å². The summed E-state index contributed by atoms with van der Waals surface area (Å²) in [6.45, 7) is -0.409. The first-order valence-electron chi connectivity index (χ1n) is 7.40. The molecule has 0 fully saturated rings. The first-order chi connectivity index (χ1) is 12.0. The molecule has 134 valence electrons. The third-order valence-electron chi connectivity index (χ3n) is 3.05. The number of benzene rings is 1. The molecule has 0 radical (unpaired) electrons. The van der Waals surface area contributed by atoms with Crippen molar-refractivity contribution in [2.24, 2.45) is 0 Å². The van der Waals surface area contributed by atoms with Crippen LogP contribution in [-0.4, -0.2) is 49.0 Å². The van der Waals surface area contributed by atoms with E-state index in [4.69, 9.17) is 22.8 Å². The summed E-state index contributed by atoms with van der Waals surface area (Å²) < 4.78 is 4.95. The lowest BCUT2D eigenvalue weighted by atomic mass is 10.1. The fourth-order valence-electron chi connectivity index (χ4n) is 1.80. The molecule has 0 saturated heterocycles. The van der Waals surface area contributed by atoms with E-state index in [1.165, 1.54) is 11.8 Å². The van der Waals surface area contributed by atoms with Crippen molar-refractivity contribution in [3.8, 4) is 12.3 Å². The summed E-state index contributed by atoms with van der Waals surface area (Å²) in [5.41, 5.74) is 0.262. The van der Waals surface area contributed by atoms with Crippen LogP contribution in [0.25, 0.3) is 0 Å². The number of ether oxygens (including phenoxy) is 1. The van der Waals surface area contributed by atoms with Crippen LogP contribution in [0.1, 0.15) is 16.8 Å². The molecule has 0 aliphatic carbocycles. The lowest BCUT2D eigenvalue weighted by Gasteiger charge is -2.17. The normalized spacial score (nSPS) is 11.1. The summed E-state index contributed by atoms with van der Waals surface area (Å²) in [6, 6.07) is 5.64. The van der Waals surface area contributed by atoms with E-state index in [0.29, 0.717) is 12.2 Å². The van der Waals surface area contributed by atoms with Crippen molar-refractivity contribution >= 4 is 41.1 Å². The second kappa shape index (κ2) is 11.4. The highest BCUT2D eigenvalue weighted by atomic mass is 35.5. The van der Waals surface area contributed by atoms with Gasteiger partial charge >= 0.3 is 5.97 Å². The third kappa shape index (κ3) is 7.50. The van der Waals surface area contributed by atoms with E-state index in [2.05, 4.69) is 16.6 Å². The topological polar surface area (TPSA) is 84.5 Å². The Morgan fingerprint density at radius 1 is 1.36 bits per heavy atom. The van der Waals surface area contributed by atoms with Crippen molar-refractivity contribution < 1.29 is 19.1 Å². The number of carbonyl (C=O) groups is 3. The Balaban J connectivity index is 2.68. The number of terminal acetylenes is 1. The largest absolute Gasteiger partial charge is 0.454 e. The smallest absolute Gasteiger partial charge is 0.329 e. The average Bonchev–Trinajstić information content (AvgIpc) is 2.61. The summed E-state index contributed by atoms with van der Waals surface area (Å²) in [5.74, 6) is 1.19. The van der Waals surface area contributed by atoms with Gasteiger partial charge in [0.1, 0.15) is 6.04 Å². The number of amides is 2. The molecular formula is C17H19ClN2O4S. The Hall–Kier alpha value is -2.17. The molecule has 0 aliphatic heterocycles. The van der Waals surface area contributed by atoms with Gasteiger partial charge in [-0.2, -0.15) is 11.8 Å². The number of hydrogen-bond acceptors (Lipinski definition) is 5. The lowest BCUT2D eigenvalue weighted by molar-refractivity contribution is -0.150. The Morgan fingerprint density at radius 3 is 2.72 bits per heavy atom. The summed E-state index contributed by atoms with van der Waals surface area (Å²) in [4.78, 5) is 35.9. The van der Waals surface area contributed by atoms with Crippen LogP contribution in [0.3, 0.4) is 0 Å². The van der Waals surface area contributed by atoms with E-state index in [9.17, 15) is 14.4 Å². The van der Waals surface area contributed by atoms with Crippen molar-refractivity contribution in [3.63, 3.8) is 0 Å². The molecule has 1 atom stereocenters. The molecule has 8 heteroatoms. The number of nitrogens with one attached hydrogen (secondary N) is 2. The van der Waals surface area contributed by atoms with Gasteiger partial charge in [0.05, 0.1) is 17.1 Å². The quantitative estimate of drug-likeness (QED) is 0.499. The van der Waals surface area contributed by atoms with Gasteiger partial charge in [0.25, 0.3) is 11.8 Å². The SMILES string of the molecule is C#CCNC(=O)COC(=O)[C@H](CCSC)NC(=O)c1ccccc1Cl. The first kappa shape index (κ1) is 20.9. The van der Waals surface area contributed by atoms with Crippen molar-refractivity contribution in [3.05, 3.63) is 34.9 Å². The van der Waals surface area contributed by atoms with Gasteiger partial charge in [0.15, 0.2) is 6.61 Å². The van der Waals surface area contributed by atoms with Crippen LogP contribution in [-0.2, 0) is 14.3 Å². The first-order valence-corrected chi connectivity index (χ1v) is 9.18. The molecule has 0 spiro atoms. The van der Waals surface area contributed by atoms with Gasteiger partial charge < -0.3 is 15.4 Å². The molecule has 0 unspecified atom stereocenters. The fraction of sp³-hybridized carbons (Fsp3) is 0.353. The molecule has 1 aromatic carbocycles. The molecule has 0 saturated carbocycles. The maximum absolute atomic E-state index is 12.3. The Bertz CT molecular complexity index is 660. The summed E-state index contributed by atoms with van der Waals surface area (Å²) in [5, 5.41) is 5.27. The minimum Gasteiger partial charge on any atom is -0.454 e. The van der Waals surface area contributed by atoms with E-state index in [-0.39, 0.29) is 17.1 Å². The zero-order chi connectivity index (χ0) is 18.7. The number of esters is 1. The van der Waals surface area contributed by atoms with Crippen LogP contribution < -0.4 is 10.6 Å². The molecule has 2 amide bonds. The van der Waals surface area contributed by atoms with E-state index < -0.39 is 30.4 Å². The van der Waals surface area contributed by atoms with Crippen molar-refractivity contribution in [2.75, 3.05) is 25.2 Å². The van der Waals surface area contributed by atoms with Gasteiger partial charge in [0.2, 0.25) is 0 Å². The maximum atomic E-state index is 12.3. The predicted molar refractivity (Wildman–Crippen MR) is 98.5 cm³/mol. The molecule has 6 nitrogen and oxygen atoms in total. The fourth-order valence-corrected chi connectivity index (χ4v) is 2.50. The molecule has 0 bridgehead atoms. The second-order valence-corrected chi connectivity index (χ2v) is 6.27. The van der Waals surface area contributed by atoms with E-state index in [1.807, 2.05) is 6.26 Å². The molecule has 0 aliphatic rings. The van der Waals surface area contributed by atoms with Gasteiger partial charge in [-0.1, -0.05) is 29.7 Å². The second-order valence-electron chi connectivity index (χ2n) is 4.88. The zero-order valence-corrected chi connectivity index (χ0v) is 15.3. The maximum Gasteiger partial charge on any atom is 0.329 e. The number of carbonyl (C=O) groups excluding carboxylic acids is 3. The summed E-state index contributed by atoms with van der Waals surface area (Å²) in [7, 11) is 0. The van der Waals surface area contributed by atoms with E-state index in [0.717, 1.165) is 0 Å². The molecule has 25 heavy (non-hydrogen) atoms. The van der Waals surface area contributed by atoms with Gasteiger partial charge in [-0.25, -0.2) is 4.79 Å². The molecule has 0 aromatic heterocycles. The van der Waals surface area contributed by atoms with Crippen molar-refractivity contribution in [1.82, 2.24) is 10.6 Å². The third-order valence-corrected chi connectivity index (χ3v) is 4.03. The van der Waals surface area contributed by atoms with Crippen LogP contribution in [0.4, 0.5) is 0 Å². The van der Waals surface area contributed by atoms with Gasteiger partial charge in [-0.05, 0) is 30.6 Å². The molecule has 2 N–H and O–H groups in total. The van der Waals surface area contributed by atoms with Crippen LogP contribution in [0.2, 0.25) is 5.02 Å². The highest BCUT2D eigenvalue weighted by Crippen LogP contribution is 2.15. The number of halogens is 1. The van der Waals surface area contributed by atoms with Gasteiger partial charge in [-0.3, -0.25) is 9.59 Å². The standard InChI is InChI=1S/C17H19ClN2O4S/c1-3-9-19-15(21)11-24-17(23)14(8-10-25-2)20-16(22)12-6-4-5-7-13(12)18/h1,4-7,14H,8-11H2,2H3,(H,19,21)(H,20,22)/t14-/m0/s1. The monoisotopic (exact) mass is 382 g/mol. The highest BCUT2D eigenvalue weighted by Gasteiger charge is 2.24. The summed E-state index contributed by atoms with van der Waals surface area (Å²) in [6.07, 6.45) is 7.27. The zero-order valence-electron chi connectivity index (χ0n) is 13.7. The molecule has 1 rings (SSSR count). The Labute approximate surface area is 156 Å². The van der Waals surface area contributed by atoms with Gasteiger partial charge in [-0.15, -0.1) is 6.42 Å². The minimum absolute atomic E-state index is 0.0511. The average molecular weight is 383 g/mol. The van der Waals surface area contributed by atoms with Crippen LogP contribution in [0.5, 0.6) is 0 Å². The van der Waals surface area contributed by atoms with E-state index in [1.54, 1.807) is 24.3 Å². The van der Waals surface area contributed by atoms with Crippen LogP contribution in [0, 0.1) is 12.3 Å². The van der Waals surface area contributed by atoms with E-state index >= 15 is 0 Å². The van der Waals surface area contributed by atoms with Crippen LogP contribution in [0.15, 0.2) is 24.3 Å². The number of rotatable bonds is 9. The highest BCUT2D eigenvalue weighted by molar-refractivity contribution is 7.98. The number of hydrogen-bond donors (Lipinski definition) is 2. The van der Waals surface area contributed by atoms with Crippen molar-refractivity contribution in [2.45, 2.75) is 12.5 Å². The van der Waals surface area contributed by atoms with Gasteiger partial charge in [0, 0.05) is 0 Å². The minimum atomic E-state index is -0.878. The lowest BCUT2D eigenvalue weighted by Crippen LogP contribution is -2.43. The summed E-state index contributed by atoms with van der Waals surface area (Å²) >= 11 is 7.51. The Morgan fingerprint density at radius 2 is 2.08 bits per heavy atom. The molecule has 1 aromatic rings. The Kier molecular flexibility index (Phi) is 9.51. The van der Waals surface area contributed by atoms with Crippen molar-refractivity contribution in [1.29, 1.82) is 0 Å². The number of thioether (sulfide) groups is 1. The molecular weight excluding hydrogens is 364 g/mol.